The first-order valence-electron chi connectivity index (χ1n) is 12.2. The van der Waals surface area contributed by atoms with Crippen molar-refractivity contribution in [3.05, 3.63) is 24.3 Å². The van der Waals surface area contributed by atoms with Gasteiger partial charge in [-0.15, -0.1) is 0 Å². The predicted octanol–water partition coefficient (Wildman–Crippen LogP) is 4.69. The van der Waals surface area contributed by atoms with Gasteiger partial charge in [0.05, 0.1) is 0 Å². The number of likely N-dealkylation sites (tertiary alicyclic amines) is 1. The zero-order valence-electron chi connectivity index (χ0n) is 19.2. The molecule has 0 unspecified atom stereocenters. The Morgan fingerprint density at radius 1 is 1.00 bits per heavy atom. The van der Waals surface area contributed by atoms with Crippen molar-refractivity contribution in [3.8, 4) is 0 Å². The number of nitrogens with one attached hydrogen (secondary N) is 1. The number of benzene rings is 1. The molecule has 3 aliphatic carbocycles. The summed E-state index contributed by atoms with van der Waals surface area (Å²) in [6.45, 7) is 4.85. The Balaban J connectivity index is 1.35. The summed E-state index contributed by atoms with van der Waals surface area (Å²) in [6.07, 6.45) is 8.52. The zero-order valence-corrected chi connectivity index (χ0v) is 19.2. The van der Waals surface area contributed by atoms with E-state index in [9.17, 15) is 9.59 Å². The molecule has 5 rings (SSSR count). The molecule has 1 saturated heterocycles. The second kappa shape index (κ2) is 7.25. The molecular formula is C26H37N3O2. The summed E-state index contributed by atoms with van der Waals surface area (Å²) in [5.41, 5.74) is 7.65. The molecule has 0 radical (unpaired) electrons. The van der Waals surface area contributed by atoms with E-state index in [1.165, 1.54) is 12.8 Å². The van der Waals surface area contributed by atoms with Crippen LogP contribution in [0.5, 0.6) is 0 Å². The molecule has 4 fully saturated rings. The number of hydrogen-bond donors (Lipinski definition) is 2. The second-order valence-electron chi connectivity index (χ2n) is 11.3. The molecule has 5 heteroatoms. The van der Waals surface area contributed by atoms with E-state index in [1.54, 1.807) is 0 Å². The van der Waals surface area contributed by atoms with E-state index in [0.29, 0.717) is 41.8 Å². The summed E-state index contributed by atoms with van der Waals surface area (Å²) in [6, 6.07) is 7.85. The van der Waals surface area contributed by atoms with Gasteiger partial charge in [-0.25, -0.2) is 0 Å². The summed E-state index contributed by atoms with van der Waals surface area (Å²) in [4.78, 5) is 27.7. The largest absolute Gasteiger partial charge is 0.399 e. The first-order chi connectivity index (χ1) is 14.7. The van der Waals surface area contributed by atoms with Gasteiger partial charge in [-0.2, -0.15) is 0 Å². The topological polar surface area (TPSA) is 75.4 Å². The molecule has 168 valence electrons. The first kappa shape index (κ1) is 20.8. The van der Waals surface area contributed by atoms with E-state index < -0.39 is 0 Å². The minimum atomic E-state index is 0.0807. The Morgan fingerprint density at radius 2 is 1.71 bits per heavy atom. The molecule has 31 heavy (non-hydrogen) atoms. The molecule has 1 aliphatic heterocycles. The fourth-order valence-corrected chi connectivity index (χ4v) is 8.38. The average molecular weight is 424 g/mol. The standard InChI is InChI=1S/C26H37N3O2/c1-25-14-12-20-18(8-11-22-26(20,2)15-13-23(30)29(22)3)19(25)9-10-21(25)24(31)28-17-6-4-16(27)5-7-17/h4-7,18-22H,8-15,27H2,1-3H3,(H,28,31)/t18-,19-,20-,21+,22+,25-,26+/m0/s1. The smallest absolute Gasteiger partial charge is 0.228 e. The van der Waals surface area contributed by atoms with Crippen LogP contribution in [-0.2, 0) is 9.59 Å². The number of nitrogens with zero attached hydrogens (tertiary/aromatic N) is 1. The van der Waals surface area contributed by atoms with Gasteiger partial charge in [-0.3, -0.25) is 9.59 Å². The van der Waals surface area contributed by atoms with Gasteiger partial charge < -0.3 is 16.0 Å². The highest BCUT2D eigenvalue weighted by Crippen LogP contribution is 2.66. The fourth-order valence-electron chi connectivity index (χ4n) is 8.38. The maximum atomic E-state index is 13.3. The van der Waals surface area contributed by atoms with Crippen molar-refractivity contribution in [1.82, 2.24) is 4.90 Å². The van der Waals surface area contributed by atoms with Gasteiger partial charge >= 0.3 is 0 Å². The van der Waals surface area contributed by atoms with Crippen LogP contribution in [0.4, 0.5) is 11.4 Å². The summed E-state index contributed by atoms with van der Waals surface area (Å²) in [7, 11) is 2.02. The van der Waals surface area contributed by atoms with E-state index in [2.05, 4.69) is 24.1 Å². The summed E-state index contributed by atoms with van der Waals surface area (Å²) >= 11 is 0. The van der Waals surface area contributed by atoms with E-state index in [0.717, 1.165) is 37.8 Å². The number of rotatable bonds is 2. The van der Waals surface area contributed by atoms with Crippen molar-refractivity contribution < 1.29 is 9.59 Å². The fraction of sp³-hybridized carbons (Fsp3) is 0.692. The number of anilines is 2. The zero-order chi connectivity index (χ0) is 22.0. The summed E-state index contributed by atoms with van der Waals surface area (Å²) in [5.74, 6) is 2.57. The first-order valence-corrected chi connectivity index (χ1v) is 12.2. The van der Waals surface area contributed by atoms with E-state index in [1.807, 2.05) is 31.3 Å². The minimum Gasteiger partial charge on any atom is -0.399 e. The third kappa shape index (κ3) is 3.10. The van der Waals surface area contributed by atoms with E-state index in [4.69, 9.17) is 5.73 Å². The van der Waals surface area contributed by atoms with Gasteiger partial charge in [0.15, 0.2) is 0 Å². The van der Waals surface area contributed by atoms with Crippen molar-refractivity contribution >= 4 is 23.2 Å². The molecular weight excluding hydrogens is 386 g/mol. The maximum absolute atomic E-state index is 13.3. The third-order valence-corrected chi connectivity index (χ3v) is 10.1. The number of nitrogen functional groups attached to an aromatic ring is 1. The van der Waals surface area contributed by atoms with Gasteiger partial charge in [0.25, 0.3) is 0 Å². The molecule has 4 aliphatic rings. The Morgan fingerprint density at radius 3 is 2.45 bits per heavy atom. The van der Waals surface area contributed by atoms with Crippen LogP contribution in [-0.4, -0.2) is 29.8 Å². The lowest BCUT2D eigenvalue weighted by Crippen LogP contribution is -2.61. The predicted molar refractivity (Wildman–Crippen MR) is 123 cm³/mol. The lowest BCUT2D eigenvalue weighted by molar-refractivity contribution is -0.159. The number of nitrogens with two attached hydrogens (primary N) is 1. The van der Waals surface area contributed by atoms with Crippen LogP contribution in [0.1, 0.15) is 65.2 Å². The molecule has 3 N–H and O–H groups in total. The van der Waals surface area contributed by atoms with Gasteiger partial charge in [-0.1, -0.05) is 13.8 Å². The summed E-state index contributed by atoms with van der Waals surface area (Å²) in [5, 5.41) is 3.17. The molecule has 3 saturated carbocycles. The summed E-state index contributed by atoms with van der Waals surface area (Å²) < 4.78 is 0. The Hall–Kier alpha value is -2.04. The number of amides is 2. The lowest BCUT2D eigenvalue weighted by atomic mass is 9.47. The monoisotopic (exact) mass is 423 g/mol. The van der Waals surface area contributed by atoms with Crippen LogP contribution in [0.15, 0.2) is 24.3 Å². The number of carbonyl (C=O) groups excluding carboxylic acids is 2. The maximum Gasteiger partial charge on any atom is 0.228 e. The Bertz CT molecular complexity index is 883. The van der Waals surface area contributed by atoms with Crippen LogP contribution < -0.4 is 11.1 Å². The lowest BCUT2D eigenvalue weighted by Gasteiger charge is -2.61. The molecule has 0 aromatic heterocycles. The normalized spacial score (nSPS) is 41.8. The number of carbonyl (C=O) groups is 2. The van der Waals surface area contributed by atoms with Crippen LogP contribution in [0.3, 0.4) is 0 Å². The van der Waals surface area contributed by atoms with Crippen LogP contribution in [0.25, 0.3) is 0 Å². The number of fused-ring (bicyclic) bond motifs is 5. The highest BCUT2D eigenvalue weighted by atomic mass is 16.2. The molecule has 5 nitrogen and oxygen atoms in total. The van der Waals surface area contributed by atoms with Crippen LogP contribution in [0, 0.1) is 34.5 Å². The Kier molecular flexibility index (Phi) is 4.87. The number of hydrogen-bond acceptors (Lipinski definition) is 3. The molecule has 7 atom stereocenters. The SMILES string of the molecule is CN1C(=O)CC[C@]2(C)[C@H]3CC[C@]4(C)[C@@H](C(=O)Nc5ccc(N)cc5)CC[C@H]4[C@@H]3CC[C@@H]12. The van der Waals surface area contributed by atoms with Crippen molar-refractivity contribution in [2.45, 2.75) is 71.3 Å². The van der Waals surface area contributed by atoms with Crippen molar-refractivity contribution in [1.29, 1.82) is 0 Å². The number of piperidine rings is 1. The molecule has 0 bridgehead atoms. The molecule has 1 aromatic rings. The quantitative estimate of drug-likeness (QED) is 0.678. The highest BCUT2D eigenvalue weighted by molar-refractivity contribution is 5.93. The minimum absolute atomic E-state index is 0.0807. The van der Waals surface area contributed by atoms with Gasteiger partial charge in [0, 0.05) is 36.8 Å². The molecule has 2 amide bonds. The van der Waals surface area contributed by atoms with Crippen molar-refractivity contribution in [2.75, 3.05) is 18.1 Å². The van der Waals surface area contributed by atoms with Crippen LogP contribution >= 0.6 is 0 Å². The Labute approximate surface area is 186 Å². The highest BCUT2D eigenvalue weighted by Gasteiger charge is 2.62. The van der Waals surface area contributed by atoms with Crippen LogP contribution in [0.2, 0.25) is 0 Å². The van der Waals surface area contributed by atoms with Crippen molar-refractivity contribution in [3.63, 3.8) is 0 Å². The molecule has 0 spiro atoms. The molecule has 1 aromatic carbocycles. The second-order valence-corrected chi connectivity index (χ2v) is 11.3. The average Bonchev–Trinajstić information content (AvgIpc) is 3.10. The van der Waals surface area contributed by atoms with Gasteiger partial charge in [0.2, 0.25) is 11.8 Å². The van der Waals surface area contributed by atoms with E-state index in [-0.39, 0.29) is 22.7 Å². The van der Waals surface area contributed by atoms with Gasteiger partial charge in [-0.05, 0) is 97.8 Å². The van der Waals surface area contributed by atoms with Crippen molar-refractivity contribution in [2.24, 2.45) is 34.5 Å². The molecule has 1 heterocycles. The third-order valence-electron chi connectivity index (χ3n) is 10.1. The van der Waals surface area contributed by atoms with Gasteiger partial charge in [0.1, 0.15) is 0 Å². The van der Waals surface area contributed by atoms with E-state index >= 15 is 0 Å².